The van der Waals surface area contributed by atoms with Gasteiger partial charge in [0.2, 0.25) is 0 Å². The van der Waals surface area contributed by atoms with E-state index < -0.39 is 0 Å². The second-order valence-electron chi connectivity index (χ2n) is 3.77. The second kappa shape index (κ2) is 8.56. The van der Waals surface area contributed by atoms with Crippen LogP contribution in [-0.2, 0) is 6.54 Å². The molecule has 98 valence electrons. The van der Waals surface area contributed by atoms with Gasteiger partial charge < -0.3 is 16.4 Å². The summed E-state index contributed by atoms with van der Waals surface area (Å²) in [6, 6.07) is 1.85. The number of rotatable bonds is 5. The molecule has 0 saturated heterocycles. The van der Waals surface area contributed by atoms with Gasteiger partial charge in [0.15, 0.2) is 0 Å². The van der Waals surface area contributed by atoms with E-state index in [1.165, 1.54) is 0 Å². The first-order valence-corrected chi connectivity index (χ1v) is 6.92. The molecule has 0 bridgehead atoms. The van der Waals surface area contributed by atoms with E-state index in [0.29, 0.717) is 13.1 Å². The van der Waals surface area contributed by atoms with Gasteiger partial charge in [0.1, 0.15) is 0 Å². The van der Waals surface area contributed by atoms with Crippen LogP contribution in [0.25, 0.3) is 0 Å². The van der Waals surface area contributed by atoms with Crippen LogP contribution in [0.2, 0.25) is 0 Å². The first kappa shape index (κ1) is 14.6. The van der Waals surface area contributed by atoms with Crippen LogP contribution < -0.4 is 16.4 Å². The fourth-order valence-corrected chi connectivity index (χ4v) is 2.06. The molecule has 4 nitrogen and oxygen atoms in total. The number of urea groups is 1. The Labute approximate surface area is 112 Å². The van der Waals surface area contributed by atoms with Gasteiger partial charge in [-0.3, -0.25) is 0 Å². The summed E-state index contributed by atoms with van der Waals surface area (Å²) in [7, 11) is 0. The van der Waals surface area contributed by atoms with Crippen molar-refractivity contribution in [2.24, 2.45) is 5.73 Å². The molecule has 5 heteroatoms. The van der Waals surface area contributed by atoms with E-state index in [4.69, 9.17) is 5.73 Å². The topological polar surface area (TPSA) is 67.2 Å². The third-order valence-corrected chi connectivity index (χ3v) is 3.16. The first-order valence-electron chi connectivity index (χ1n) is 6.04. The Balaban J connectivity index is 2.30. The van der Waals surface area contributed by atoms with E-state index in [-0.39, 0.29) is 6.03 Å². The summed E-state index contributed by atoms with van der Waals surface area (Å²) >= 11 is 1.58. The van der Waals surface area contributed by atoms with Gasteiger partial charge >= 0.3 is 6.03 Å². The summed E-state index contributed by atoms with van der Waals surface area (Å²) < 4.78 is 0. The normalized spacial score (nSPS) is 9.44. The molecular formula is C13H19N3OS. The number of carbonyl (C=O) groups excluding carboxylic acids is 1. The lowest BCUT2D eigenvalue weighted by molar-refractivity contribution is 0.240. The molecule has 0 fully saturated rings. The molecule has 0 aromatic carbocycles. The smallest absolute Gasteiger partial charge is 0.315 e. The third kappa shape index (κ3) is 5.71. The Hall–Kier alpha value is -1.51. The van der Waals surface area contributed by atoms with Crippen LogP contribution in [0.4, 0.5) is 4.79 Å². The van der Waals surface area contributed by atoms with Crippen LogP contribution >= 0.6 is 11.3 Å². The van der Waals surface area contributed by atoms with Crippen LogP contribution in [-0.4, -0.2) is 19.1 Å². The Morgan fingerprint density at radius 2 is 2.33 bits per heavy atom. The van der Waals surface area contributed by atoms with Crippen molar-refractivity contribution in [3.8, 4) is 11.8 Å². The summed E-state index contributed by atoms with van der Waals surface area (Å²) in [5.74, 6) is 5.76. The number of amides is 2. The largest absolute Gasteiger partial charge is 0.338 e. The number of thiophene rings is 1. The molecule has 0 saturated carbocycles. The van der Waals surface area contributed by atoms with Gasteiger partial charge in [0.25, 0.3) is 0 Å². The van der Waals surface area contributed by atoms with Crippen molar-refractivity contribution >= 4 is 17.4 Å². The van der Waals surface area contributed by atoms with Crippen molar-refractivity contribution in [2.45, 2.75) is 26.3 Å². The fourth-order valence-electron chi connectivity index (χ4n) is 1.30. The summed E-state index contributed by atoms with van der Waals surface area (Å²) in [5, 5.41) is 7.59. The Kier molecular flexibility index (Phi) is 6.92. The Morgan fingerprint density at radius 3 is 3.06 bits per heavy atom. The molecule has 0 spiro atoms. The molecule has 1 rings (SSSR count). The summed E-state index contributed by atoms with van der Waals surface area (Å²) in [5.41, 5.74) is 6.26. The molecule has 1 heterocycles. The van der Waals surface area contributed by atoms with E-state index in [1.54, 1.807) is 11.3 Å². The number of unbranched alkanes of at least 4 members (excludes halogenated alkanes) is 1. The lowest BCUT2D eigenvalue weighted by Gasteiger charge is -2.05. The second-order valence-corrected chi connectivity index (χ2v) is 4.77. The molecular weight excluding hydrogens is 246 g/mol. The maximum absolute atomic E-state index is 11.4. The Morgan fingerprint density at radius 1 is 1.50 bits per heavy atom. The van der Waals surface area contributed by atoms with Gasteiger partial charge in [0.05, 0.1) is 13.1 Å². The van der Waals surface area contributed by atoms with Gasteiger partial charge in [-0.1, -0.05) is 25.2 Å². The molecule has 0 atom stereocenters. The van der Waals surface area contributed by atoms with Crippen LogP contribution in [0.5, 0.6) is 0 Å². The lowest BCUT2D eigenvalue weighted by atomic mass is 10.3. The van der Waals surface area contributed by atoms with Crippen molar-refractivity contribution in [2.75, 3.05) is 13.1 Å². The Bertz CT molecular complexity index is 431. The molecule has 0 aliphatic rings. The van der Waals surface area contributed by atoms with Crippen LogP contribution in [0.1, 0.15) is 30.2 Å². The highest BCUT2D eigenvalue weighted by Crippen LogP contribution is 2.13. The van der Waals surface area contributed by atoms with E-state index in [2.05, 4.69) is 29.4 Å². The number of nitrogens with two attached hydrogens (primary N) is 1. The first-order chi connectivity index (χ1) is 8.76. The minimum absolute atomic E-state index is 0.119. The molecule has 1 aromatic heterocycles. The standard InChI is InChI=1S/C13H19N3OS/c1-2-3-7-15-13(17)16-9-12-8-11(10-18-12)5-4-6-14/h8,10H,2-3,6-7,9,14H2,1H3,(H2,15,16,17). The lowest BCUT2D eigenvalue weighted by Crippen LogP contribution is -2.35. The van der Waals surface area contributed by atoms with Gasteiger partial charge in [-0.05, 0) is 12.5 Å². The fraction of sp³-hybridized carbons (Fsp3) is 0.462. The quantitative estimate of drug-likeness (QED) is 0.560. The summed E-state index contributed by atoms with van der Waals surface area (Å²) in [6.45, 7) is 3.71. The monoisotopic (exact) mass is 265 g/mol. The SMILES string of the molecule is CCCCNC(=O)NCc1cc(C#CCN)cs1. The minimum atomic E-state index is -0.119. The zero-order valence-corrected chi connectivity index (χ0v) is 11.4. The minimum Gasteiger partial charge on any atom is -0.338 e. The van der Waals surface area contributed by atoms with Gasteiger partial charge in [-0.25, -0.2) is 4.79 Å². The highest BCUT2D eigenvalue weighted by molar-refractivity contribution is 7.10. The zero-order chi connectivity index (χ0) is 13.2. The summed E-state index contributed by atoms with van der Waals surface area (Å²) in [4.78, 5) is 12.5. The molecule has 0 radical (unpaired) electrons. The molecule has 0 aliphatic heterocycles. The highest BCUT2D eigenvalue weighted by Gasteiger charge is 2.01. The van der Waals surface area contributed by atoms with E-state index in [0.717, 1.165) is 29.8 Å². The number of hydrogen-bond donors (Lipinski definition) is 3. The van der Waals surface area contributed by atoms with E-state index in [9.17, 15) is 4.79 Å². The predicted octanol–water partition coefficient (Wildman–Crippen LogP) is 1.66. The number of nitrogens with one attached hydrogen (secondary N) is 2. The van der Waals surface area contributed by atoms with Crippen molar-refractivity contribution < 1.29 is 4.79 Å². The molecule has 0 unspecified atom stereocenters. The molecule has 0 aliphatic carbocycles. The predicted molar refractivity (Wildman–Crippen MR) is 75.4 cm³/mol. The van der Waals surface area contributed by atoms with E-state index in [1.807, 2.05) is 11.4 Å². The van der Waals surface area contributed by atoms with Crippen LogP contribution in [0, 0.1) is 11.8 Å². The zero-order valence-electron chi connectivity index (χ0n) is 10.6. The van der Waals surface area contributed by atoms with Gasteiger partial charge in [-0.2, -0.15) is 0 Å². The van der Waals surface area contributed by atoms with Gasteiger partial charge in [0, 0.05) is 22.4 Å². The number of hydrogen-bond acceptors (Lipinski definition) is 3. The number of carbonyl (C=O) groups is 1. The van der Waals surface area contributed by atoms with E-state index >= 15 is 0 Å². The maximum atomic E-state index is 11.4. The highest BCUT2D eigenvalue weighted by atomic mass is 32.1. The van der Waals surface area contributed by atoms with Crippen LogP contribution in [0.3, 0.4) is 0 Å². The average Bonchev–Trinajstić information content (AvgIpc) is 2.82. The third-order valence-electron chi connectivity index (χ3n) is 2.23. The van der Waals surface area contributed by atoms with Crippen LogP contribution in [0.15, 0.2) is 11.4 Å². The molecule has 4 N–H and O–H groups in total. The van der Waals surface area contributed by atoms with Crippen molar-refractivity contribution in [3.05, 3.63) is 21.9 Å². The average molecular weight is 265 g/mol. The maximum Gasteiger partial charge on any atom is 0.315 e. The van der Waals surface area contributed by atoms with Gasteiger partial charge in [-0.15, -0.1) is 11.3 Å². The molecule has 2 amide bonds. The molecule has 18 heavy (non-hydrogen) atoms. The van der Waals surface area contributed by atoms with Crippen molar-refractivity contribution in [1.82, 2.24) is 10.6 Å². The van der Waals surface area contributed by atoms with Crippen molar-refractivity contribution in [1.29, 1.82) is 0 Å². The summed E-state index contributed by atoms with van der Waals surface area (Å²) in [6.07, 6.45) is 2.08. The van der Waals surface area contributed by atoms with Crippen molar-refractivity contribution in [3.63, 3.8) is 0 Å². The molecule has 1 aromatic rings.